The van der Waals surface area contributed by atoms with E-state index in [0.29, 0.717) is 23.8 Å². The highest BCUT2D eigenvalue weighted by atomic mass is 35.5. The zero-order valence-corrected chi connectivity index (χ0v) is 30.8. The summed E-state index contributed by atoms with van der Waals surface area (Å²) < 4.78 is 175. The Morgan fingerprint density at radius 3 is 1.31 bits per heavy atom. The van der Waals surface area contributed by atoms with Crippen LogP contribution in [0, 0.1) is 13.8 Å². The van der Waals surface area contributed by atoms with Gasteiger partial charge in [-0.2, -0.15) is 26.3 Å². The molecule has 0 saturated heterocycles. The molecule has 0 radical (unpaired) electrons. The average Bonchev–Trinajstić information content (AvgIpc) is 2.94. The Morgan fingerprint density at radius 1 is 0.519 bits per heavy atom. The van der Waals surface area contributed by atoms with E-state index >= 15 is 0 Å². The Bertz CT molecular complexity index is 2550. The molecule has 284 valence electrons. The first-order valence-corrected chi connectivity index (χ1v) is 20.2. The molecule has 0 heterocycles. The summed E-state index contributed by atoms with van der Waals surface area (Å²) in [5.41, 5.74) is 6.65. The molecule has 0 aliphatic carbocycles. The van der Waals surface area contributed by atoms with Crippen molar-refractivity contribution in [3.63, 3.8) is 0 Å². The summed E-state index contributed by atoms with van der Waals surface area (Å²) in [6, 6.07) is 8.03. The van der Waals surface area contributed by atoms with Crippen LogP contribution in [0.25, 0.3) is 0 Å². The molecule has 0 saturated carbocycles. The third-order valence-corrected chi connectivity index (χ3v) is 13.5. The second-order valence-electron chi connectivity index (χ2n) is 10.7. The summed E-state index contributed by atoms with van der Waals surface area (Å²) in [6.45, 7) is 2.77. The number of halogens is 8. The second kappa shape index (κ2) is 14.3. The lowest BCUT2D eigenvalue weighted by Crippen LogP contribution is -2.18. The first-order chi connectivity index (χ1) is 23.3. The van der Waals surface area contributed by atoms with Crippen LogP contribution in [0.5, 0.6) is 0 Å². The lowest BCUT2D eigenvalue weighted by atomic mass is 10.2. The van der Waals surface area contributed by atoms with Crippen molar-refractivity contribution >= 4 is 74.3 Å². The molecule has 12 nitrogen and oxygen atoms in total. The number of hydrogen-bond acceptors (Lipinski definition) is 10. The lowest BCUT2D eigenvalue weighted by Gasteiger charge is -2.15. The van der Waals surface area contributed by atoms with Gasteiger partial charge >= 0.3 is 12.4 Å². The number of primary sulfonamides is 2. The van der Waals surface area contributed by atoms with Crippen LogP contribution in [0.1, 0.15) is 22.3 Å². The summed E-state index contributed by atoms with van der Waals surface area (Å²) >= 11 is 11.6. The number of rotatable bonds is 6. The minimum atomic E-state index is -4.94. The highest BCUT2D eigenvalue weighted by Gasteiger charge is 2.38. The largest absolute Gasteiger partial charge is 0.418 e. The molecule has 4 rings (SSSR count). The van der Waals surface area contributed by atoms with Crippen molar-refractivity contribution < 1.29 is 60.0 Å². The molecule has 0 atom stereocenters. The van der Waals surface area contributed by atoms with E-state index < -0.39 is 109 Å². The minimum Gasteiger partial charge on any atom is -0.398 e. The molecule has 24 heteroatoms. The van der Waals surface area contributed by atoms with E-state index in [1.54, 1.807) is 0 Å². The fourth-order valence-electron chi connectivity index (χ4n) is 4.45. The van der Waals surface area contributed by atoms with Crippen LogP contribution in [0.2, 0.25) is 10.0 Å². The Morgan fingerprint density at radius 2 is 0.923 bits per heavy atom. The van der Waals surface area contributed by atoms with Gasteiger partial charge < -0.3 is 11.5 Å². The molecule has 0 spiro atoms. The van der Waals surface area contributed by atoms with Crippen LogP contribution in [0.3, 0.4) is 0 Å². The smallest absolute Gasteiger partial charge is 0.398 e. The molecule has 52 heavy (non-hydrogen) atoms. The van der Waals surface area contributed by atoms with Gasteiger partial charge in [0.05, 0.1) is 45.6 Å². The molecule has 0 fully saturated rings. The van der Waals surface area contributed by atoms with Gasteiger partial charge in [0.1, 0.15) is 4.90 Å². The summed E-state index contributed by atoms with van der Waals surface area (Å²) in [6.07, 6.45) is -9.82. The maximum absolute atomic E-state index is 13.0. The van der Waals surface area contributed by atoms with Crippen molar-refractivity contribution in [2.45, 2.75) is 55.6 Å². The number of aryl methyl sites for hydroxylation is 2. The zero-order valence-electron chi connectivity index (χ0n) is 26.0. The van der Waals surface area contributed by atoms with E-state index in [4.69, 9.17) is 44.9 Å². The molecule has 0 amide bonds. The van der Waals surface area contributed by atoms with Crippen molar-refractivity contribution in [3.8, 4) is 0 Å². The molecule has 0 bridgehead atoms. The molecular formula is C28H24Cl2F6N4O8S4. The fraction of sp³-hybridized carbons (Fsp3) is 0.143. The predicted molar refractivity (Wildman–Crippen MR) is 178 cm³/mol. The van der Waals surface area contributed by atoms with E-state index in [1.807, 2.05) is 0 Å². The van der Waals surface area contributed by atoms with Gasteiger partial charge in [-0.3, -0.25) is 0 Å². The average molecular weight is 858 g/mol. The molecule has 0 aliphatic heterocycles. The number of anilines is 2. The van der Waals surface area contributed by atoms with Gasteiger partial charge in [-0.15, -0.1) is 0 Å². The number of sulfone groups is 2. The van der Waals surface area contributed by atoms with Gasteiger partial charge in [0.15, 0.2) is 0 Å². The highest BCUT2D eigenvalue weighted by Crippen LogP contribution is 2.41. The predicted octanol–water partition coefficient (Wildman–Crippen LogP) is 5.46. The van der Waals surface area contributed by atoms with Gasteiger partial charge in [-0.25, -0.2) is 43.9 Å². The maximum Gasteiger partial charge on any atom is 0.418 e. The Kier molecular flexibility index (Phi) is 11.8. The first kappa shape index (κ1) is 42.8. The van der Waals surface area contributed by atoms with Gasteiger partial charge in [-0.05, 0) is 79.6 Å². The molecular weight excluding hydrogens is 833 g/mol. The van der Waals surface area contributed by atoms with Crippen LogP contribution in [0.4, 0.5) is 37.7 Å². The zero-order chi connectivity index (χ0) is 40.2. The topological polar surface area (TPSA) is 241 Å². The van der Waals surface area contributed by atoms with Crippen LogP contribution in [-0.2, 0) is 52.1 Å². The van der Waals surface area contributed by atoms with E-state index in [2.05, 4.69) is 0 Å². The van der Waals surface area contributed by atoms with Gasteiger partial charge in [0, 0.05) is 11.4 Å². The Labute approximate surface area is 303 Å². The summed E-state index contributed by atoms with van der Waals surface area (Å²) in [4.78, 5) is -4.03. The Hall–Kier alpha value is -3.64. The molecule has 0 aliphatic rings. The molecule has 0 aromatic heterocycles. The second-order valence-corrected chi connectivity index (χ2v) is 18.4. The molecule has 8 N–H and O–H groups in total. The summed E-state index contributed by atoms with van der Waals surface area (Å²) in [5, 5.41) is 8.94. The lowest BCUT2D eigenvalue weighted by molar-refractivity contribution is -0.137. The molecule has 4 aromatic carbocycles. The summed E-state index contributed by atoms with van der Waals surface area (Å²) in [5.74, 6) is 0. The number of nitrogen functional groups attached to an aromatic ring is 2. The van der Waals surface area contributed by atoms with Crippen molar-refractivity contribution in [1.82, 2.24) is 0 Å². The summed E-state index contributed by atoms with van der Waals surface area (Å²) in [7, 11) is -17.8. The fourth-order valence-corrected chi connectivity index (χ4v) is 10.4. The standard InChI is InChI=1S/2C14H12ClF3N2O4S2/c1-7-4-8(2-3-12(7)26(20,23)24)25(21,22)13-5-9(14(16,17)18)11(19)6-10(13)15;1-7-2-3-11(26(20,23)24)13(4-7)25(21,22)12-5-8(14(16,17)18)10(19)6-9(12)15/h2*2-6H,19H2,1H3,(H2,20,23,24). The van der Waals surface area contributed by atoms with Crippen molar-refractivity contribution in [2.75, 3.05) is 11.5 Å². The number of alkyl halides is 6. The number of sulfonamides is 2. The normalized spacial score (nSPS) is 13.0. The molecule has 0 unspecified atom stereocenters. The van der Waals surface area contributed by atoms with E-state index in [1.165, 1.54) is 19.9 Å². The third-order valence-electron chi connectivity index (χ3n) is 6.86. The third kappa shape index (κ3) is 9.10. The van der Waals surface area contributed by atoms with Crippen molar-refractivity contribution in [2.24, 2.45) is 10.3 Å². The van der Waals surface area contributed by atoms with Crippen LogP contribution < -0.4 is 21.7 Å². The molecule has 4 aromatic rings. The van der Waals surface area contributed by atoms with Gasteiger partial charge in [0.25, 0.3) is 0 Å². The first-order valence-electron chi connectivity index (χ1n) is 13.4. The SMILES string of the molecule is Cc1cc(S(=O)(=O)c2cc(C(F)(F)F)c(N)cc2Cl)ccc1S(N)(=O)=O.Cc1ccc(S(N)(=O)=O)c(S(=O)(=O)c2cc(C(F)(F)F)c(N)cc2Cl)c1. The van der Waals surface area contributed by atoms with Crippen molar-refractivity contribution in [3.05, 3.63) is 93.0 Å². The van der Waals surface area contributed by atoms with Crippen LogP contribution in [-0.4, -0.2) is 33.7 Å². The van der Waals surface area contributed by atoms with Crippen molar-refractivity contribution in [1.29, 1.82) is 0 Å². The minimum absolute atomic E-state index is 0.0104. The maximum atomic E-state index is 13.0. The van der Waals surface area contributed by atoms with Crippen LogP contribution >= 0.6 is 23.2 Å². The van der Waals surface area contributed by atoms with Crippen LogP contribution in [0.15, 0.2) is 90.0 Å². The van der Waals surface area contributed by atoms with Gasteiger partial charge in [-0.1, -0.05) is 29.3 Å². The number of hydrogen-bond donors (Lipinski definition) is 4. The van der Waals surface area contributed by atoms with Gasteiger partial charge in [0.2, 0.25) is 39.7 Å². The number of benzene rings is 4. The number of nitrogens with two attached hydrogens (primary N) is 4. The quantitative estimate of drug-likeness (QED) is 0.141. The van der Waals surface area contributed by atoms with E-state index in [0.717, 1.165) is 30.3 Å². The monoisotopic (exact) mass is 856 g/mol. The Balaban J connectivity index is 0.000000280. The highest BCUT2D eigenvalue weighted by molar-refractivity contribution is 7.93. The van der Waals surface area contributed by atoms with E-state index in [9.17, 15) is 60.0 Å². The van der Waals surface area contributed by atoms with E-state index in [-0.39, 0.29) is 16.5 Å².